The molecule has 0 radical (unpaired) electrons. The summed E-state index contributed by atoms with van der Waals surface area (Å²) in [5.41, 5.74) is 2.32. The topological polar surface area (TPSA) is 156 Å². The Hall–Kier alpha value is -5.43. The lowest BCUT2D eigenvalue weighted by Gasteiger charge is -2.25. The van der Waals surface area contributed by atoms with E-state index in [1.165, 1.54) is 17.7 Å². The fraction of sp³-hybridized carbons (Fsp3) is 0.265. The summed E-state index contributed by atoms with van der Waals surface area (Å²) < 4.78 is 29.3. The van der Waals surface area contributed by atoms with Crippen molar-refractivity contribution in [3.05, 3.63) is 102 Å². The third kappa shape index (κ3) is 6.75. The number of nitrogens with zero attached hydrogens (tertiary/aromatic N) is 2. The number of carboxylic acids is 1. The second-order valence-electron chi connectivity index (χ2n) is 10.3. The van der Waals surface area contributed by atoms with Gasteiger partial charge in [0.1, 0.15) is 11.5 Å². The minimum Gasteiger partial charge on any atom is -0.490 e. The lowest BCUT2D eigenvalue weighted by molar-refractivity contribution is -0.143. The number of allylic oxidation sites excluding steroid dienone is 1. The van der Waals surface area contributed by atoms with Crippen molar-refractivity contribution in [3.63, 3.8) is 0 Å². The molecule has 244 valence electrons. The third-order valence-electron chi connectivity index (χ3n) is 7.31. The molecule has 0 amide bonds. The van der Waals surface area contributed by atoms with Crippen LogP contribution >= 0.6 is 11.3 Å². The molecule has 13 heteroatoms. The van der Waals surface area contributed by atoms with E-state index in [9.17, 15) is 24.3 Å². The van der Waals surface area contributed by atoms with E-state index in [1.807, 2.05) is 0 Å². The van der Waals surface area contributed by atoms with Gasteiger partial charge in [-0.3, -0.25) is 9.36 Å². The van der Waals surface area contributed by atoms with E-state index in [1.54, 1.807) is 76.2 Å². The van der Waals surface area contributed by atoms with Crippen molar-refractivity contribution in [1.82, 2.24) is 4.57 Å². The Morgan fingerprint density at radius 3 is 2.49 bits per heavy atom. The predicted molar refractivity (Wildman–Crippen MR) is 171 cm³/mol. The second kappa shape index (κ2) is 13.9. The number of hydrogen-bond acceptors (Lipinski definition) is 11. The smallest absolute Gasteiger partial charge is 0.343 e. The average Bonchev–Trinajstić information content (AvgIpc) is 3.63. The first-order chi connectivity index (χ1) is 22.6. The van der Waals surface area contributed by atoms with Gasteiger partial charge in [0.2, 0.25) is 0 Å². The van der Waals surface area contributed by atoms with Crippen LogP contribution in [0.15, 0.2) is 74.0 Å². The van der Waals surface area contributed by atoms with Gasteiger partial charge in [-0.25, -0.2) is 19.4 Å². The average molecular weight is 661 g/mol. The molecule has 0 saturated heterocycles. The molecule has 2 aromatic heterocycles. The van der Waals surface area contributed by atoms with Crippen LogP contribution in [0.25, 0.3) is 17.4 Å². The molecule has 1 N–H and O–H groups in total. The molecule has 2 aromatic carbocycles. The fourth-order valence-electron chi connectivity index (χ4n) is 5.16. The number of ether oxygens (including phenoxy) is 4. The van der Waals surface area contributed by atoms with Crippen molar-refractivity contribution in [2.45, 2.75) is 33.7 Å². The summed E-state index contributed by atoms with van der Waals surface area (Å²) in [6.07, 6.45) is 1.60. The van der Waals surface area contributed by atoms with Crippen LogP contribution in [-0.4, -0.2) is 54.5 Å². The van der Waals surface area contributed by atoms with Crippen molar-refractivity contribution >= 4 is 35.3 Å². The quantitative estimate of drug-likeness (QED) is 0.233. The van der Waals surface area contributed by atoms with Gasteiger partial charge in [0.15, 0.2) is 22.9 Å². The number of thiazole rings is 1. The number of aryl methyl sites for hydroxylation is 1. The largest absolute Gasteiger partial charge is 0.490 e. The van der Waals surface area contributed by atoms with Gasteiger partial charge in [0.05, 0.1) is 47.7 Å². The van der Waals surface area contributed by atoms with Crippen LogP contribution in [0.3, 0.4) is 0 Å². The van der Waals surface area contributed by atoms with E-state index < -0.39 is 29.5 Å². The molecule has 5 rings (SSSR count). The summed E-state index contributed by atoms with van der Waals surface area (Å²) >= 11 is 1.14. The normalized spacial score (nSPS) is 14.3. The summed E-state index contributed by atoms with van der Waals surface area (Å²) in [6.45, 7) is 7.04. The zero-order valence-electron chi connectivity index (χ0n) is 26.3. The number of hydrogen-bond donors (Lipinski definition) is 1. The minimum atomic E-state index is -1.02. The van der Waals surface area contributed by atoms with E-state index in [0.29, 0.717) is 37.9 Å². The molecule has 47 heavy (non-hydrogen) atoms. The number of methoxy groups -OCH3 is 1. The Labute approximate surface area is 272 Å². The summed E-state index contributed by atoms with van der Waals surface area (Å²) in [4.78, 5) is 55.4. The maximum absolute atomic E-state index is 14.1. The number of benzene rings is 2. The van der Waals surface area contributed by atoms with Gasteiger partial charge in [-0.15, -0.1) is 0 Å². The minimum absolute atomic E-state index is 0.122. The van der Waals surface area contributed by atoms with Crippen molar-refractivity contribution in [2.24, 2.45) is 4.99 Å². The van der Waals surface area contributed by atoms with E-state index in [2.05, 4.69) is 9.73 Å². The molecular formula is C34H32N2O10S. The number of carboxylic acid groups (broad SMARTS) is 1. The SMILES string of the molecule is CCOC(=O)C1=C(C)N=c2s/c(=C\c3ccc(-c4ccc(C(=O)O)cc4C)o3)c(=O)n2[C@H]1c1ccc(OCC(=O)OC)c(OCC)c1. The first-order valence-corrected chi connectivity index (χ1v) is 15.5. The molecule has 1 aliphatic heterocycles. The highest BCUT2D eigenvalue weighted by Crippen LogP contribution is 2.36. The van der Waals surface area contributed by atoms with E-state index >= 15 is 0 Å². The predicted octanol–water partition coefficient (Wildman–Crippen LogP) is 4.02. The zero-order chi connectivity index (χ0) is 33.8. The Balaban J connectivity index is 1.60. The first kappa shape index (κ1) is 32.9. The summed E-state index contributed by atoms with van der Waals surface area (Å²) in [7, 11) is 1.26. The van der Waals surface area contributed by atoms with Crippen molar-refractivity contribution in [1.29, 1.82) is 0 Å². The molecule has 0 saturated carbocycles. The Morgan fingerprint density at radius 1 is 1.02 bits per heavy atom. The lowest BCUT2D eigenvalue weighted by Crippen LogP contribution is -2.40. The number of esters is 2. The van der Waals surface area contributed by atoms with Crippen LogP contribution < -0.4 is 24.4 Å². The summed E-state index contributed by atoms with van der Waals surface area (Å²) in [6, 6.07) is 12.2. The molecule has 3 heterocycles. The zero-order valence-corrected chi connectivity index (χ0v) is 27.1. The highest BCUT2D eigenvalue weighted by molar-refractivity contribution is 7.07. The molecule has 12 nitrogen and oxygen atoms in total. The molecule has 1 aliphatic rings. The second-order valence-corrected chi connectivity index (χ2v) is 11.4. The maximum Gasteiger partial charge on any atom is 0.343 e. The van der Waals surface area contributed by atoms with E-state index in [-0.39, 0.29) is 36.7 Å². The highest BCUT2D eigenvalue weighted by atomic mass is 32.1. The number of fused-ring (bicyclic) bond motifs is 1. The van der Waals surface area contributed by atoms with Gasteiger partial charge in [-0.05, 0) is 75.2 Å². The van der Waals surface area contributed by atoms with Crippen molar-refractivity contribution < 1.29 is 42.9 Å². The Kier molecular flexibility index (Phi) is 9.75. The molecule has 0 fully saturated rings. The number of furan rings is 1. The number of carbonyl (C=O) groups excluding carboxylic acids is 2. The monoisotopic (exact) mass is 660 g/mol. The van der Waals surface area contributed by atoms with E-state index in [4.69, 9.17) is 18.6 Å². The molecule has 1 atom stereocenters. The van der Waals surface area contributed by atoms with Crippen LogP contribution in [0.1, 0.15) is 54.1 Å². The van der Waals surface area contributed by atoms with Crippen LogP contribution in [-0.2, 0) is 19.1 Å². The van der Waals surface area contributed by atoms with Gasteiger partial charge in [0, 0.05) is 11.6 Å². The Bertz CT molecular complexity index is 2090. The van der Waals surface area contributed by atoms with Crippen LogP contribution in [0, 0.1) is 6.92 Å². The van der Waals surface area contributed by atoms with Gasteiger partial charge in [-0.1, -0.05) is 23.5 Å². The standard InChI is InChI=1S/C34H32N2O10S/c1-6-43-26-15-20(9-12-25(26)45-17-28(37)42-5)30-29(33(41)44-7-2)19(4)35-34-36(30)31(38)27(47-34)16-22-10-13-24(46-22)23-11-8-21(32(39)40)14-18(23)3/h8-16,30H,6-7,17H2,1-5H3,(H,39,40)/b27-16-/t30-/m0/s1. The van der Waals surface area contributed by atoms with Gasteiger partial charge in [-0.2, -0.15) is 0 Å². The lowest BCUT2D eigenvalue weighted by atomic mass is 9.95. The fourth-order valence-corrected chi connectivity index (χ4v) is 6.19. The molecular weight excluding hydrogens is 628 g/mol. The van der Waals surface area contributed by atoms with Crippen LogP contribution in [0.2, 0.25) is 0 Å². The number of aromatic carboxylic acids is 1. The van der Waals surface area contributed by atoms with Gasteiger partial charge in [0.25, 0.3) is 5.56 Å². The molecule has 0 bridgehead atoms. The molecule has 0 spiro atoms. The maximum atomic E-state index is 14.1. The Morgan fingerprint density at radius 2 is 1.81 bits per heavy atom. The van der Waals surface area contributed by atoms with E-state index in [0.717, 1.165) is 22.5 Å². The highest BCUT2D eigenvalue weighted by Gasteiger charge is 2.34. The summed E-state index contributed by atoms with van der Waals surface area (Å²) in [5.74, 6) is -0.701. The first-order valence-electron chi connectivity index (χ1n) is 14.7. The van der Waals surface area contributed by atoms with Crippen LogP contribution in [0.5, 0.6) is 11.5 Å². The van der Waals surface area contributed by atoms with Crippen molar-refractivity contribution in [3.8, 4) is 22.8 Å². The van der Waals surface area contributed by atoms with Gasteiger partial charge >= 0.3 is 17.9 Å². The van der Waals surface area contributed by atoms with Crippen molar-refractivity contribution in [2.75, 3.05) is 26.9 Å². The number of carbonyl (C=O) groups is 3. The number of rotatable bonds is 11. The summed E-state index contributed by atoms with van der Waals surface area (Å²) in [5, 5.41) is 9.29. The molecule has 0 unspecified atom stereocenters. The van der Waals surface area contributed by atoms with Gasteiger partial charge < -0.3 is 28.5 Å². The van der Waals surface area contributed by atoms with Crippen LogP contribution in [0.4, 0.5) is 0 Å². The molecule has 4 aromatic rings. The third-order valence-corrected chi connectivity index (χ3v) is 8.30. The number of aromatic nitrogens is 1. The molecule has 0 aliphatic carbocycles.